The van der Waals surface area contributed by atoms with Gasteiger partial charge in [0, 0.05) is 17.8 Å². The van der Waals surface area contributed by atoms with E-state index in [1.807, 2.05) is 43.3 Å². The number of carbonyl (C=O) groups is 3. The molecule has 0 aliphatic carbocycles. The van der Waals surface area contributed by atoms with Crippen molar-refractivity contribution in [1.29, 1.82) is 0 Å². The van der Waals surface area contributed by atoms with E-state index in [-0.39, 0.29) is 29.1 Å². The molecule has 5 aromatic carbocycles. The number of benzene rings is 5. The standard InChI is InChI=1S/C39H33F3N2O5/c1-25-3-7-27(8-4-25)29-11-13-30(14-12-29)28-9-5-26(6-10-28)23-44(24-37(46)47)38(48)31-15-18-33(19-16-31)43-36(45)21-32-17-20-34(49-2)22-35(32)39(40,41)42/h3-20,22H,21,23-24H2,1-2H3,(H,43,45)(H,46,47). The van der Waals surface area contributed by atoms with Crippen molar-refractivity contribution in [2.24, 2.45) is 0 Å². The first-order chi connectivity index (χ1) is 23.4. The van der Waals surface area contributed by atoms with Gasteiger partial charge in [-0.15, -0.1) is 0 Å². The van der Waals surface area contributed by atoms with E-state index in [4.69, 9.17) is 4.74 Å². The minimum Gasteiger partial charge on any atom is -0.497 e. The average Bonchev–Trinajstić information content (AvgIpc) is 3.08. The summed E-state index contributed by atoms with van der Waals surface area (Å²) in [6, 6.07) is 33.1. The van der Waals surface area contributed by atoms with Crippen LogP contribution in [-0.2, 0) is 28.7 Å². The normalized spacial score (nSPS) is 11.1. The number of amides is 2. The summed E-state index contributed by atoms with van der Waals surface area (Å²) in [6.07, 6.45) is -5.21. The smallest absolute Gasteiger partial charge is 0.416 e. The van der Waals surface area contributed by atoms with Gasteiger partial charge in [0.05, 0.1) is 19.1 Å². The van der Waals surface area contributed by atoms with Crippen molar-refractivity contribution in [3.63, 3.8) is 0 Å². The molecule has 0 heterocycles. The second-order valence-electron chi connectivity index (χ2n) is 11.5. The van der Waals surface area contributed by atoms with Crippen molar-refractivity contribution in [2.75, 3.05) is 19.0 Å². The number of halogens is 3. The summed E-state index contributed by atoms with van der Waals surface area (Å²) in [4.78, 5) is 38.8. The topological polar surface area (TPSA) is 95.9 Å². The van der Waals surface area contributed by atoms with Gasteiger partial charge < -0.3 is 20.1 Å². The van der Waals surface area contributed by atoms with Gasteiger partial charge >= 0.3 is 12.1 Å². The summed E-state index contributed by atoms with van der Waals surface area (Å²) in [7, 11) is 1.25. The average molecular weight is 667 g/mol. The maximum absolute atomic E-state index is 13.5. The molecule has 0 saturated heterocycles. The molecule has 5 rings (SSSR count). The van der Waals surface area contributed by atoms with Gasteiger partial charge in [-0.3, -0.25) is 14.4 Å². The van der Waals surface area contributed by atoms with Gasteiger partial charge in [-0.2, -0.15) is 13.2 Å². The van der Waals surface area contributed by atoms with Gasteiger partial charge in [-0.25, -0.2) is 0 Å². The van der Waals surface area contributed by atoms with Crippen molar-refractivity contribution in [3.8, 4) is 28.0 Å². The number of aryl methyl sites for hydroxylation is 1. The maximum atomic E-state index is 13.5. The molecule has 0 unspecified atom stereocenters. The van der Waals surface area contributed by atoms with Crippen LogP contribution < -0.4 is 10.1 Å². The fourth-order valence-electron chi connectivity index (χ4n) is 5.34. The van der Waals surface area contributed by atoms with Crippen molar-refractivity contribution in [2.45, 2.75) is 26.1 Å². The van der Waals surface area contributed by atoms with E-state index in [0.29, 0.717) is 0 Å². The van der Waals surface area contributed by atoms with Crippen molar-refractivity contribution in [1.82, 2.24) is 4.90 Å². The third-order valence-electron chi connectivity index (χ3n) is 7.93. The largest absolute Gasteiger partial charge is 0.497 e. The fourth-order valence-corrected chi connectivity index (χ4v) is 5.34. The Kier molecular flexibility index (Phi) is 10.5. The predicted molar refractivity (Wildman–Crippen MR) is 181 cm³/mol. The minimum atomic E-state index is -4.68. The molecule has 0 aliphatic heterocycles. The molecule has 5 aromatic rings. The quantitative estimate of drug-likeness (QED) is 0.148. The molecular weight excluding hydrogens is 633 g/mol. The second-order valence-corrected chi connectivity index (χ2v) is 11.5. The van der Waals surface area contributed by atoms with E-state index >= 15 is 0 Å². The highest BCUT2D eigenvalue weighted by molar-refractivity contribution is 5.97. The lowest BCUT2D eigenvalue weighted by Crippen LogP contribution is -2.35. The zero-order valence-corrected chi connectivity index (χ0v) is 26.8. The Morgan fingerprint density at radius 3 is 1.80 bits per heavy atom. The molecule has 0 saturated carbocycles. The third-order valence-corrected chi connectivity index (χ3v) is 7.93. The van der Waals surface area contributed by atoms with E-state index in [1.165, 1.54) is 54.0 Å². The summed E-state index contributed by atoms with van der Waals surface area (Å²) >= 11 is 0. The summed E-state index contributed by atoms with van der Waals surface area (Å²) in [6.45, 7) is 1.55. The molecule has 0 spiro atoms. The van der Waals surface area contributed by atoms with Crippen molar-refractivity contribution in [3.05, 3.63) is 143 Å². The summed E-state index contributed by atoms with van der Waals surface area (Å²) in [5.41, 5.74) is 5.39. The van der Waals surface area contributed by atoms with Crippen LogP contribution in [0.1, 0.15) is 32.6 Å². The lowest BCUT2D eigenvalue weighted by molar-refractivity contribution is -0.139. The summed E-state index contributed by atoms with van der Waals surface area (Å²) in [5.74, 6) is -2.39. The highest BCUT2D eigenvalue weighted by atomic mass is 19.4. The number of methoxy groups -OCH3 is 1. The number of nitrogens with one attached hydrogen (secondary N) is 1. The van der Waals surface area contributed by atoms with Crippen LogP contribution in [-0.4, -0.2) is 41.4 Å². The number of hydrogen-bond donors (Lipinski definition) is 2. The van der Waals surface area contributed by atoms with Crippen LogP contribution in [0, 0.1) is 6.92 Å². The van der Waals surface area contributed by atoms with Crippen LogP contribution in [0.2, 0.25) is 0 Å². The van der Waals surface area contributed by atoms with E-state index in [9.17, 15) is 32.7 Å². The predicted octanol–water partition coefficient (Wildman–Crippen LogP) is 8.26. The van der Waals surface area contributed by atoms with Crippen molar-refractivity contribution >= 4 is 23.5 Å². The molecule has 0 bridgehead atoms. The van der Waals surface area contributed by atoms with Gasteiger partial charge in [-0.1, -0.05) is 84.4 Å². The third kappa shape index (κ3) is 8.92. The first kappa shape index (κ1) is 34.4. The molecule has 0 fully saturated rings. The van der Waals surface area contributed by atoms with Gasteiger partial charge in [0.2, 0.25) is 5.91 Å². The molecule has 10 heteroatoms. The van der Waals surface area contributed by atoms with Crippen LogP contribution in [0.3, 0.4) is 0 Å². The maximum Gasteiger partial charge on any atom is 0.416 e. The van der Waals surface area contributed by atoms with Gasteiger partial charge in [0.15, 0.2) is 0 Å². The number of ether oxygens (including phenoxy) is 1. The molecule has 0 radical (unpaired) electrons. The fraction of sp³-hybridized carbons (Fsp3) is 0.154. The lowest BCUT2D eigenvalue weighted by Gasteiger charge is -2.21. The first-order valence-electron chi connectivity index (χ1n) is 15.3. The Labute approximate surface area is 281 Å². The first-order valence-corrected chi connectivity index (χ1v) is 15.3. The Bertz CT molecular complexity index is 1940. The molecular formula is C39H33F3N2O5. The number of anilines is 1. The van der Waals surface area contributed by atoms with Crippen LogP contribution in [0.25, 0.3) is 22.3 Å². The molecule has 0 aliphatic rings. The van der Waals surface area contributed by atoms with E-state index in [1.54, 1.807) is 0 Å². The van der Waals surface area contributed by atoms with Crippen LogP contribution in [0.15, 0.2) is 115 Å². The number of carbonyl (C=O) groups excluding carboxylic acids is 2. The number of nitrogens with zero attached hydrogens (tertiary/aromatic N) is 1. The van der Waals surface area contributed by atoms with Crippen LogP contribution in [0.5, 0.6) is 5.75 Å². The minimum absolute atomic E-state index is 0.0192. The zero-order valence-electron chi connectivity index (χ0n) is 26.8. The molecule has 250 valence electrons. The number of alkyl halides is 3. The van der Waals surface area contributed by atoms with Gasteiger partial charge in [0.1, 0.15) is 12.3 Å². The van der Waals surface area contributed by atoms with E-state index < -0.39 is 42.5 Å². The summed E-state index contributed by atoms with van der Waals surface area (Å²) < 4.78 is 45.5. The molecule has 0 atom stereocenters. The molecule has 7 nitrogen and oxygen atoms in total. The molecule has 0 aromatic heterocycles. The van der Waals surface area contributed by atoms with Gasteiger partial charge in [-0.05, 0) is 76.7 Å². The van der Waals surface area contributed by atoms with E-state index in [2.05, 4.69) is 41.7 Å². The van der Waals surface area contributed by atoms with Crippen LogP contribution >= 0.6 is 0 Å². The highest BCUT2D eigenvalue weighted by Gasteiger charge is 2.34. The molecule has 49 heavy (non-hydrogen) atoms. The number of aliphatic carboxylic acids is 1. The highest BCUT2D eigenvalue weighted by Crippen LogP contribution is 2.35. The Morgan fingerprint density at radius 2 is 1.29 bits per heavy atom. The Balaban J connectivity index is 1.23. The SMILES string of the molecule is COc1ccc(CC(=O)Nc2ccc(C(=O)N(CC(=O)O)Cc3ccc(-c4ccc(-c5ccc(C)cc5)cc4)cc3)cc2)c(C(F)(F)F)c1. The zero-order chi connectivity index (χ0) is 35.1. The van der Waals surface area contributed by atoms with Crippen LogP contribution in [0.4, 0.5) is 18.9 Å². The van der Waals surface area contributed by atoms with Crippen molar-refractivity contribution < 1.29 is 37.4 Å². The number of rotatable bonds is 11. The lowest BCUT2D eigenvalue weighted by atomic mass is 9.99. The Hall–Kier alpha value is -5.90. The monoisotopic (exact) mass is 666 g/mol. The summed E-state index contributed by atoms with van der Waals surface area (Å²) in [5, 5.41) is 12.1. The molecule has 2 N–H and O–H groups in total. The van der Waals surface area contributed by atoms with Gasteiger partial charge in [0.25, 0.3) is 5.91 Å². The number of carboxylic acid groups (broad SMARTS) is 1. The van der Waals surface area contributed by atoms with E-state index in [0.717, 1.165) is 33.9 Å². The Morgan fingerprint density at radius 1 is 0.755 bits per heavy atom. The molecule has 2 amide bonds. The number of hydrogen-bond acceptors (Lipinski definition) is 4. The second kappa shape index (κ2) is 14.9. The number of carboxylic acids is 1.